The molecule has 140 valence electrons. The minimum Gasteiger partial charge on any atom is -0.355 e. The van der Waals surface area contributed by atoms with E-state index < -0.39 is 0 Å². The smallest absolute Gasteiger partial charge is 0.191 e. The number of rotatable bonds is 6. The minimum absolute atomic E-state index is 0.546. The number of likely N-dealkylation sites (tertiary alicyclic amines) is 1. The molecule has 2 N–H and O–H groups in total. The maximum absolute atomic E-state index is 4.40. The number of nitrogens with one attached hydrogen (secondary N) is 2. The van der Waals surface area contributed by atoms with Gasteiger partial charge in [-0.15, -0.1) is 11.3 Å². The van der Waals surface area contributed by atoms with Gasteiger partial charge < -0.3 is 10.6 Å². The Morgan fingerprint density at radius 1 is 1.27 bits per heavy atom. The number of guanidine groups is 1. The van der Waals surface area contributed by atoms with Crippen molar-refractivity contribution >= 4 is 17.3 Å². The summed E-state index contributed by atoms with van der Waals surface area (Å²) in [5.74, 6) is 0.850. The van der Waals surface area contributed by atoms with Gasteiger partial charge in [0.05, 0.1) is 6.54 Å². The molecule has 1 saturated heterocycles. The fraction of sp³-hybridized carbons (Fsp3) is 0.500. The Morgan fingerprint density at radius 2 is 2.12 bits per heavy atom. The van der Waals surface area contributed by atoms with Crippen LogP contribution in [-0.2, 0) is 13.1 Å². The predicted octanol–water partition coefficient (Wildman–Crippen LogP) is 3.17. The number of nitrogens with zero attached hydrogens (tertiary/aromatic N) is 3. The zero-order valence-corrected chi connectivity index (χ0v) is 16.6. The van der Waals surface area contributed by atoms with E-state index in [0.717, 1.165) is 30.6 Å². The third-order valence-electron chi connectivity index (χ3n) is 4.78. The van der Waals surface area contributed by atoms with Crippen molar-refractivity contribution in [3.8, 4) is 0 Å². The number of hydrogen-bond donors (Lipinski definition) is 2. The predicted molar refractivity (Wildman–Crippen MR) is 110 cm³/mol. The molecule has 0 aliphatic carbocycles. The number of aliphatic imine (C=N–C) groups is 1. The molecule has 1 aromatic carbocycles. The average Bonchev–Trinajstić information content (AvgIpc) is 3.09. The molecule has 2 aromatic rings. The molecular weight excluding hydrogens is 342 g/mol. The van der Waals surface area contributed by atoms with Crippen LogP contribution in [0.3, 0.4) is 0 Å². The molecular formula is C20H29N5S. The van der Waals surface area contributed by atoms with Gasteiger partial charge >= 0.3 is 0 Å². The van der Waals surface area contributed by atoms with Gasteiger partial charge in [0.1, 0.15) is 5.01 Å². The SMILES string of the molecule is CN=C(NCc1ncc(C)s1)NCC1CCCCN1Cc1ccccc1. The summed E-state index contributed by atoms with van der Waals surface area (Å²) in [4.78, 5) is 12.6. The monoisotopic (exact) mass is 371 g/mol. The van der Waals surface area contributed by atoms with Gasteiger partial charge in [0.2, 0.25) is 0 Å². The Labute approximate surface area is 160 Å². The van der Waals surface area contributed by atoms with Gasteiger partial charge in [0, 0.05) is 37.3 Å². The number of aromatic nitrogens is 1. The zero-order chi connectivity index (χ0) is 18.2. The number of thiazole rings is 1. The fourth-order valence-corrected chi connectivity index (χ4v) is 4.12. The van der Waals surface area contributed by atoms with Crippen LogP contribution >= 0.6 is 11.3 Å². The molecule has 0 bridgehead atoms. The maximum Gasteiger partial charge on any atom is 0.191 e. The second kappa shape index (κ2) is 9.69. The average molecular weight is 372 g/mol. The third kappa shape index (κ3) is 5.54. The summed E-state index contributed by atoms with van der Waals surface area (Å²) in [6.07, 6.45) is 5.76. The van der Waals surface area contributed by atoms with Crippen LogP contribution in [0, 0.1) is 6.92 Å². The lowest BCUT2D eigenvalue weighted by Crippen LogP contribution is -2.48. The van der Waals surface area contributed by atoms with E-state index >= 15 is 0 Å². The lowest BCUT2D eigenvalue weighted by Gasteiger charge is -2.36. The Bertz CT molecular complexity index is 697. The first-order valence-electron chi connectivity index (χ1n) is 9.38. The molecule has 3 rings (SSSR count). The molecule has 1 aromatic heterocycles. The first kappa shape index (κ1) is 18.9. The quantitative estimate of drug-likeness (QED) is 0.605. The first-order valence-corrected chi connectivity index (χ1v) is 10.2. The minimum atomic E-state index is 0.546. The number of aryl methyl sites for hydroxylation is 1. The molecule has 1 aliphatic heterocycles. The molecule has 2 heterocycles. The van der Waals surface area contributed by atoms with Crippen LogP contribution in [0.25, 0.3) is 0 Å². The largest absolute Gasteiger partial charge is 0.355 e. The highest BCUT2D eigenvalue weighted by molar-refractivity contribution is 7.11. The van der Waals surface area contributed by atoms with Crippen molar-refractivity contribution in [3.63, 3.8) is 0 Å². The summed E-state index contributed by atoms with van der Waals surface area (Å²) < 4.78 is 0. The van der Waals surface area contributed by atoms with Crippen molar-refractivity contribution < 1.29 is 0 Å². The van der Waals surface area contributed by atoms with Crippen molar-refractivity contribution in [2.45, 2.75) is 45.3 Å². The highest BCUT2D eigenvalue weighted by Gasteiger charge is 2.22. The van der Waals surface area contributed by atoms with Crippen LogP contribution in [0.1, 0.15) is 34.7 Å². The van der Waals surface area contributed by atoms with Crippen molar-refractivity contribution in [1.82, 2.24) is 20.5 Å². The van der Waals surface area contributed by atoms with E-state index in [-0.39, 0.29) is 0 Å². The van der Waals surface area contributed by atoms with Gasteiger partial charge in [-0.2, -0.15) is 0 Å². The van der Waals surface area contributed by atoms with Gasteiger partial charge in [0.25, 0.3) is 0 Å². The lowest BCUT2D eigenvalue weighted by molar-refractivity contribution is 0.141. The third-order valence-corrected chi connectivity index (χ3v) is 5.70. The summed E-state index contributed by atoms with van der Waals surface area (Å²) in [6, 6.07) is 11.3. The van der Waals surface area contributed by atoms with E-state index in [4.69, 9.17) is 0 Å². The molecule has 0 saturated carbocycles. The second-order valence-corrected chi connectivity index (χ2v) is 8.10. The Morgan fingerprint density at radius 3 is 2.85 bits per heavy atom. The van der Waals surface area contributed by atoms with Crippen molar-refractivity contribution in [3.05, 3.63) is 52.0 Å². The van der Waals surface area contributed by atoms with Crippen LogP contribution in [0.5, 0.6) is 0 Å². The first-order chi connectivity index (χ1) is 12.7. The van der Waals surface area contributed by atoms with Crippen LogP contribution in [0.4, 0.5) is 0 Å². The summed E-state index contributed by atoms with van der Waals surface area (Å²) in [5, 5.41) is 7.97. The summed E-state index contributed by atoms with van der Waals surface area (Å²) in [7, 11) is 1.82. The fourth-order valence-electron chi connectivity index (χ4n) is 3.39. The molecule has 5 nitrogen and oxygen atoms in total. The van der Waals surface area contributed by atoms with Crippen LogP contribution in [0.15, 0.2) is 41.5 Å². The van der Waals surface area contributed by atoms with E-state index in [9.17, 15) is 0 Å². The summed E-state index contributed by atoms with van der Waals surface area (Å²) >= 11 is 1.72. The van der Waals surface area contributed by atoms with E-state index in [0.29, 0.717) is 6.04 Å². The van der Waals surface area contributed by atoms with Crippen molar-refractivity contribution in [2.24, 2.45) is 4.99 Å². The number of benzene rings is 1. The molecule has 1 unspecified atom stereocenters. The molecule has 26 heavy (non-hydrogen) atoms. The van der Waals surface area contributed by atoms with Gasteiger partial charge in [0.15, 0.2) is 5.96 Å². The molecule has 0 radical (unpaired) electrons. The van der Waals surface area contributed by atoms with Crippen LogP contribution < -0.4 is 10.6 Å². The second-order valence-electron chi connectivity index (χ2n) is 6.78. The number of piperidine rings is 1. The Hall–Kier alpha value is -1.92. The van der Waals surface area contributed by atoms with E-state index in [1.165, 1.54) is 36.2 Å². The summed E-state index contributed by atoms with van der Waals surface area (Å²) in [5.41, 5.74) is 1.39. The number of hydrogen-bond acceptors (Lipinski definition) is 4. The van der Waals surface area contributed by atoms with Crippen LogP contribution in [-0.4, -0.2) is 42.0 Å². The molecule has 1 atom stereocenters. The standard InChI is InChI=1S/C20H29N5S/c1-16-12-22-19(26-16)14-24-20(21-2)23-13-18-10-6-7-11-25(18)15-17-8-4-3-5-9-17/h3-5,8-9,12,18H,6-7,10-11,13-15H2,1-2H3,(H2,21,23,24). The van der Waals surface area contributed by atoms with Gasteiger partial charge in [-0.1, -0.05) is 36.8 Å². The lowest BCUT2D eigenvalue weighted by atomic mass is 10.0. The molecule has 0 spiro atoms. The highest BCUT2D eigenvalue weighted by Crippen LogP contribution is 2.19. The maximum atomic E-state index is 4.40. The van der Waals surface area contributed by atoms with Gasteiger partial charge in [-0.3, -0.25) is 9.89 Å². The van der Waals surface area contributed by atoms with Crippen molar-refractivity contribution in [1.29, 1.82) is 0 Å². The topological polar surface area (TPSA) is 52.6 Å². The van der Waals surface area contributed by atoms with Crippen molar-refractivity contribution in [2.75, 3.05) is 20.1 Å². The Balaban J connectivity index is 1.50. The molecule has 6 heteroatoms. The van der Waals surface area contributed by atoms with E-state index in [1.54, 1.807) is 11.3 Å². The van der Waals surface area contributed by atoms with E-state index in [1.807, 2.05) is 13.2 Å². The molecule has 1 aliphatic rings. The zero-order valence-electron chi connectivity index (χ0n) is 15.7. The Kier molecular flexibility index (Phi) is 7.03. The van der Waals surface area contributed by atoms with Crippen LogP contribution in [0.2, 0.25) is 0 Å². The van der Waals surface area contributed by atoms with E-state index in [2.05, 4.69) is 62.8 Å². The highest BCUT2D eigenvalue weighted by atomic mass is 32.1. The molecule has 1 fully saturated rings. The summed E-state index contributed by atoms with van der Waals surface area (Å²) in [6.45, 7) is 5.92. The van der Waals surface area contributed by atoms with Gasteiger partial charge in [-0.25, -0.2) is 4.98 Å². The van der Waals surface area contributed by atoms with Gasteiger partial charge in [-0.05, 0) is 31.9 Å². The molecule has 0 amide bonds. The normalized spacial score (nSPS) is 18.7.